The van der Waals surface area contributed by atoms with Crippen LogP contribution in [-0.2, 0) is 0 Å². The van der Waals surface area contributed by atoms with Crippen LogP contribution < -0.4 is 5.73 Å². The number of hydrogen-bond donors (Lipinski definition) is 1. The van der Waals surface area contributed by atoms with E-state index in [0.717, 1.165) is 10.0 Å². The maximum atomic E-state index is 6.01. The lowest BCUT2D eigenvalue weighted by Crippen LogP contribution is -2.03. The maximum absolute atomic E-state index is 6.01. The van der Waals surface area contributed by atoms with Crippen LogP contribution in [0.15, 0.2) is 16.6 Å². The van der Waals surface area contributed by atoms with Gasteiger partial charge in [0.15, 0.2) is 0 Å². The van der Waals surface area contributed by atoms with Crippen molar-refractivity contribution in [3.05, 3.63) is 27.2 Å². The molecule has 0 spiro atoms. The zero-order valence-corrected chi connectivity index (χ0v) is 10.1. The normalized spacial score (nSPS) is 10.6. The number of nitrogens with zero attached hydrogens (tertiary/aromatic N) is 4. The lowest BCUT2D eigenvalue weighted by molar-refractivity contribution is 0.789. The fourth-order valence-electron chi connectivity index (χ4n) is 1.16. The van der Waals surface area contributed by atoms with E-state index >= 15 is 0 Å². The highest BCUT2D eigenvalue weighted by Crippen LogP contribution is 2.28. The summed E-state index contributed by atoms with van der Waals surface area (Å²) in [4.78, 5) is 0. The number of nitrogen functional groups attached to an aromatic ring is 1. The number of hydrogen-bond acceptors (Lipinski definition) is 4. The van der Waals surface area contributed by atoms with Gasteiger partial charge in [-0.2, -0.15) is 4.68 Å². The smallest absolute Gasteiger partial charge is 0.245 e. The van der Waals surface area contributed by atoms with Crippen LogP contribution >= 0.6 is 27.5 Å². The average molecular weight is 289 g/mol. The summed E-state index contributed by atoms with van der Waals surface area (Å²) in [7, 11) is 0. The number of nitrogens with two attached hydrogens (primary N) is 1. The highest BCUT2D eigenvalue weighted by atomic mass is 79.9. The fraction of sp³-hybridized carbons (Fsp3) is 0.125. The number of aromatic nitrogens is 4. The van der Waals surface area contributed by atoms with Crippen molar-refractivity contribution in [2.45, 2.75) is 6.92 Å². The van der Waals surface area contributed by atoms with E-state index in [-0.39, 0.29) is 5.95 Å². The van der Waals surface area contributed by atoms with Gasteiger partial charge in [-0.05, 0) is 51.0 Å². The first-order valence-corrected chi connectivity index (χ1v) is 5.26. The van der Waals surface area contributed by atoms with E-state index in [4.69, 9.17) is 17.3 Å². The second kappa shape index (κ2) is 3.79. The minimum Gasteiger partial charge on any atom is -0.366 e. The lowest BCUT2D eigenvalue weighted by atomic mass is 10.2. The first-order valence-electron chi connectivity index (χ1n) is 4.09. The van der Waals surface area contributed by atoms with Crippen LogP contribution in [0.3, 0.4) is 0 Å². The van der Waals surface area contributed by atoms with Crippen LogP contribution in [0.5, 0.6) is 0 Å². The fourth-order valence-corrected chi connectivity index (χ4v) is 1.95. The van der Waals surface area contributed by atoms with E-state index in [1.807, 2.05) is 13.0 Å². The molecular formula is C8H7BrClN5. The number of aryl methyl sites for hydroxylation is 1. The largest absolute Gasteiger partial charge is 0.366 e. The van der Waals surface area contributed by atoms with Gasteiger partial charge >= 0.3 is 0 Å². The van der Waals surface area contributed by atoms with Gasteiger partial charge in [-0.1, -0.05) is 16.7 Å². The molecule has 0 saturated heterocycles. The molecule has 0 saturated carbocycles. The summed E-state index contributed by atoms with van der Waals surface area (Å²) >= 11 is 9.42. The predicted octanol–water partition coefficient (Wildman–Crippen LogP) is 1.97. The number of tetrazole rings is 1. The van der Waals surface area contributed by atoms with E-state index in [1.165, 1.54) is 4.68 Å². The highest BCUT2D eigenvalue weighted by molar-refractivity contribution is 9.10. The van der Waals surface area contributed by atoms with E-state index in [9.17, 15) is 0 Å². The topological polar surface area (TPSA) is 69.6 Å². The molecule has 15 heavy (non-hydrogen) atoms. The Balaban J connectivity index is 2.64. The Morgan fingerprint density at radius 2 is 2.20 bits per heavy atom. The monoisotopic (exact) mass is 287 g/mol. The van der Waals surface area contributed by atoms with Crippen LogP contribution in [0.2, 0.25) is 5.02 Å². The average Bonchev–Trinajstić information content (AvgIpc) is 2.58. The molecule has 2 aromatic rings. The Bertz CT molecular complexity index is 510. The van der Waals surface area contributed by atoms with Gasteiger partial charge < -0.3 is 5.73 Å². The van der Waals surface area contributed by atoms with Crippen molar-refractivity contribution in [1.29, 1.82) is 0 Å². The summed E-state index contributed by atoms with van der Waals surface area (Å²) in [5, 5.41) is 11.5. The summed E-state index contributed by atoms with van der Waals surface area (Å²) < 4.78 is 2.25. The molecule has 0 bridgehead atoms. The summed E-state index contributed by atoms with van der Waals surface area (Å²) in [5.41, 5.74) is 7.28. The summed E-state index contributed by atoms with van der Waals surface area (Å²) in [6.07, 6.45) is 0. The van der Waals surface area contributed by atoms with Gasteiger partial charge in [0.05, 0.1) is 5.69 Å². The van der Waals surface area contributed by atoms with Crippen molar-refractivity contribution in [2.75, 3.05) is 5.73 Å². The minimum absolute atomic E-state index is 0.218. The van der Waals surface area contributed by atoms with Gasteiger partial charge in [0, 0.05) is 9.50 Å². The van der Waals surface area contributed by atoms with Crippen molar-refractivity contribution in [3.8, 4) is 5.69 Å². The van der Waals surface area contributed by atoms with E-state index in [1.54, 1.807) is 6.07 Å². The molecule has 0 aliphatic carbocycles. The molecule has 0 atom stereocenters. The molecule has 0 fully saturated rings. The van der Waals surface area contributed by atoms with Crippen molar-refractivity contribution < 1.29 is 0 Å². The molecule has 1 aromatic heterocycles. The zero-order chi connectivity index (χ0) is 11.0. The van der Waals surface area contributed by atoms with Gasteiger partial charge in [-0.3, -0.25) is 0 Å². The summed E-state index contributed by atoms with van der Waals surface area (Å²) in [6, 6.07) is 3.65. The lowest BCUT2D eigenvalue weighted by Gasteiger charge is -2.06. The number of rotatable bonds is 1. The highest BCUT2D eigenvalue weighted by Gasteiger charge is 2.10. The Hall–Kier alpha value is -1.14. The molecule has 0 amide bonds. The third kappa shape index (κ3) is 1.82. The first kappa shape index (κ1) is 10.4. The summed E-state index contributed by atoms with van der Waals surface area (Å²) in [5.74, 6) is 0.218. The maximum Gasteiger partial charge on any atom is 0.245 e. The van der Waals surface area contributed by atoms with Crippen molar-refractivity contribution in [2.24, 2.45) is 0 Å². The Kier molecular flexibility index (Phi) is 2.62. The SMILES string of the molecule is Cc1cc(Br)c(-n2nnnc2N)cc1Cl. The number of anilines is 1. The third-order valence-corrected chi connectivity index (χ3v) is 2.99. The van der Waals surface area contributed by atoms with Gasteiger partial charge in [0.2, 0.25) is 5.95 Å². The molecule has 0 aliphatic rings. The molecule has 78 valence electrons. The Morgan fingerprint density at radius 1 is 1.47 bits per heavy atom. The van der Waals surface area contributed by atoms with Gasteiger partial charge in [-0.15, -0.1) is 0 Å². The minimum atomic E-state index is 0.218. The second-order valence-electron chi connectivity index (χ2n) is 3.00. The zero-order valence-electron chi connectivity index (χ0n) is 7.78. The third-order valence-electron chi connectivity index (χ3n) is 1.95. The van der Waals surface area contributed by atoms with Crippen molar-refractivity contribution in [3.63, 3.8) is 0 Å². The van der Waals surface area contributed by atoms with Gasteiger partial charge in [0.25, 0.3) is 0 Å². The predicted molar refractivity (Wildman–Crippen MR) is 61.0 cm³/mol. The Labute approximate surface area is 99.3 Å². The molecule has 0 unspecified atom stereocenters. The Morgan fingerprint density at radius 3 is 2.80 bits per heavy atom. The molecular weight excluding hydrogens is 281 g/mol. The van der Waals surface area contributed by atoms with E-state index in [2.05, 4.69) is 31.5 Å². The molecule has 7 heteroatoms. The van der Waals surface area contributed by atoms with Crippen LogP contribution in [0.1, 0.15) is 5.56 Å². The van der Waals surface area contributed by atoms with Crippen molar-refractivity contribution >= 4 is 33.5 Å². The standard InChI is InChI=1S/C8H7BrClN5/c1-4-2-5(9)7(3-6(4)10)15-8(11)12-13-14-15/h2-3H,1H3,(H2,11,12,14). The molecule has 0 radical (unpaired) electrons. The summed E-state index contributed by atoms with van der Waals surface area (Å²) in [6.45, 7) is 1.92. The first-order chi connectivity index (χ1) is 7.09. The van der Waals surface area contributed by atoms with Crippen LogP contribution in [0, 0.1) is 6.92 Å². The quantitative estimate of drug-likeness (QED) is 0.871. The number of halogens is 2. The molecule has 1 aromatic carbocycles. The van der Waals surface area contributed by atoms with Crippen LogP contribution in [-0.4, -0.2) is 20.2 Å². The number of benzene rings is 1. The van der Waals surface area contributed by atoms with Crippen LogP contribution in [0.4, 0.5) is 5.95 Å². The van der Waals surface area contributed by atoms with Gasteiger partial charge in [0.1, 0.15) is 0 Å². The molecule has 2 rings (SSSR count). The molecule has 1 heterocycles. The molecule has 0 aliphatic heterocycles. The second-order valence-corrected chi connectivity index (χ2v) is 4.26. The van der Waals surface area contributed by atoms with Gasteiger partial charge in [-0.25, -0.2) is 0 Å². The van der Waals surface area contributed by atoms with E-state index in [0.29, 0.717) is 10.7 Å². The van der Waals surface area contributed by atoms with Crippen LogP contribution in [0.25, 0.3) is 5.69 Å². The molecule has 2 N–H and O–H groups in total. The van der Waals surface area contributed by atoms with Crippen molar-refractivity contribution in [1.82, 2.24) is 20.2 Å². The molecule has 5 nitrogen and oxygen atoms in total. The van der Waals surface area contributed by atoms with E-state index < -0.39 is 0 Å².